The monoisotopic (exact) mass is 353 g/mol. The van der Waals surface area contributed by atoms with Gasteiger partial charge in [0.1, 0.15) is 5.82 Å². The number of carbonyl (C=O) groups excluding carboxylic acids is 1. The molecule has 1 unspecified atom stereocenters. The van der Waals surface area contributed by atoms with Crippen LogP contribution in [-0.2, 0) is 15.7 Å². The van der Waals surface area contributed by atoms with Gasteiger partial charge in [-0.15, -0.1) is 0 Å². The minimum absolute atomic E-state index is 0.0509. The Morgan fingerprint density at radius 1 is 1.52 bits per heavy atom. The highest BCUT2D eigenvalue weighted by Gasteiger charge is 2.41. The van der Waals surface area contributed by atoms with Crippen LogP contribution < -0.4 is 4.90 Å². The van der Waals surface area contributed by atoms with Crippen molar-refractivity contribution in [3.05, 3.63) is 40.8 Å². The second-order valence-corrected chi connectivity index (χ2v) is 5.28. The molecule has 1 aromatic heterocycles. The number of aliphatic hydroxyl groups is 1. The lowest BCUT2D eigenvalue weighted by Crippen LogP contribution is -2.36. The van der Waals surface area contributed by atoms with E-state index >= 15 is 0 Å². The van der Waals surface area contributed by atoms with Gasteiger partial charge >= 0.3 is 6.18 Å². The smallest absolute Gasteiger partial charge is 0.417 e. The van der Waals surface area contributed by atoms with Crippen molar-refractivity contribution in [2.45, 2.75) is 26.3 Å². The highest BCUT2D eigenvalue weighted by molar-refractivity contribution is 6.08. The fraction of sp³-hybridized carbons (Fsp3) is 0.312. The summed E-state index contributed by atoms with van der Waals surface area (Å²) in [5.74, 6) is -1.13. The first-order valence-corrected chi connectivity index (χ1v) is 7.03. The largest absolute Gasteiger partial charge is 0.496 e. The van der Waals surface area contributed by atoms with E-state index in [-0.39, 0.29) is 28.3 Å². The van der Waals surface area contributed by atoms with Crippen LogP contribution in [0.3, 0.4) is 0 Å². The average molecular weight is 353 g/mol. The van der Waals surface area contributed by atoms with Crippen LogP contribution in [0.1, 0.15) is 25.0 Å². The molecule has 0 bridgehead atoms. The number of amides is 1. The molecule has 0 aliphatic carbocycles. The van der Waals surface area contributed by atoms with Crippen molar-refractivity contribution in [1.29, 1.82) is 5.26 Å². The van der Waals surface area contributed by atoms with Crippen molar-refractivity contribution in [2.24, 2.45) is 0 Å². The summed E-state index contributed by atoms with van der Waals surface area (Å²) >= 11 is 0. The molecular weight excluding hydrogens is 339 g/mol. The number of aromatic nitrogens is 1. The quantitative estimate of drug-likeness (QED) is 0.844. The van der Waals surface area contributed by atoms with E-state index in [4.69, 9.17) is 10.00 Å². The Morgan fingerprint density at radius 2 is 2.16 bits per heavy atom. The zero-order valence-corrected chi connectivity index (χ0v) is 13.5. The lowest BCUT2D eigenvalue weighted by molar-refractivity contribution is -0.137. The van der Waals surface area contributed by atoms with Crippen LogP contribution in [0.5, 0.6) is 0 Å². The Hall–Kier alpha value is -2.86. The molecular formula is C16H14F3N3O3. The first kappa shape index (κ1) is 18.5. The predicted octanol–water partition coefficient (Wildman–Crippen LogP) is 2.61. The molecule has 25 heavy (non-hydrogen) atoms. The number of ether oxygens (including phenoxy) is 1. The Labute approximate surface area is 141 Å². The van der Waals surface area contributed by atoms with Gasteiger partial charge in [0, 0.05) is 17.8 Å². The lowest BCUT2D eigenvalue weighted by atomic mass is 10.0. The maximum absolute atomic E-state index is 13.4. The van der Waals surface area contributed by atoms with Crippen LogP contribution in [0, 0.1) is 11.3 Å². The molecule has 1 atom stereocenters. The zero-order chi connectivity index (χ0) is 18.9. The average Bonchev–Trinajstić information content (AvgIpc) is 2.75. The highest BCUT2D eigenvalue weighted by atomic mass is 19.4. The first-order valence-electron chi connectivity index (χ1n) is 7.03. The molecule has 0 aromatic carbocycles. The summed E-state index contributed by atoms with van der Waals surface area (Å²) in [6.45, 7) is 2.74. The maximum Gasteiger partial charge on any atom is 0.417 e. The fourth-order valence-corrected chi connectivity index (χ4v) is 2.50. The fourth-order valence-electron chi connectivity index (χ4n) is 2.50. The molecule has 1 aliphatic rings. The standard InChI is InChI=1S/C16H14F3N3O3/c1-8(4-5-20)10-7-21-12(6-11(10)16(17,18)19)22-14(23)9(2)13(25-3)15(22)24/h4,6-7,15,24H,1-3H3. The van der Waals surface area contributed by atoms with E-state index in [1.54, 1.807) is 6.07 Å². The number of allylic oxidation sites excluding steroid dienone is 2. The number of carbonyl (C=O) groups is 1. The molecule has 0 saturated heterocycles. The number of hydrogen-bond acceptors (Lipinski definition) is 5. The molecule has 2 rings (SSSR count). The van der Waals surface area contributed by atoms with Crippen LogP contribution in [0.25, 0.3) is 5.57 Å². The number of nitrogens with zero attached hydrogens (tertiary/aromatic N) is 3. The van der Waals surface area contributed by atoms with Gasteiger partial charge in [-0.2, -0.15) is 18.4 Å². The number of aliphatic hydroxyl groups excluding tert-OH is 1. The van der Waals surface area contributed by atoms with Gasteiger partial charge < -0.3 is 9.84 Å². The number of halogens is 3. The van der Waals surface area contributed by atoms with Crippen molar-refractivity contribution >= 4 is 17.3 Å². The number of anilines is 1. The normalized spacial score (nSPS) is 18.6. The van der Waals surface area contributed by atoms with Crippen molar-refractivity contribution in [2.75, 3.05) is 12.0 Å². The van der Waals surface area contributed by atoms with E-state index in [2.05, 4.69) is 4.98 Å². The number of rotatable bonds is 3. The Morgan fingerprint density at radius 3 is 2.64 bits per heavy atom. The molecule has 9 heteroatoms. The van der Waals surface area contributed by atoms with Crippen LogP contribution in [0.15, 0.2) is 29.7 Å². The summed E-state index contributed by atoms with van der Waals surface area (Å²) in [6, 6.07) is 2.33. The van der Waals surface area contributed by atoms with Gasteiger partial charge in [0.2, 0.25) is 0 Å². The Kier molecular flexibility index (Phi) is 4.85. The summed E-state index contributed by atoms with van der Waals surface area (Å²) in [4.78, 5) is 16.8. The summed E-state index contributed by atoms with van der Waals surface area (Å²) in [5.41, 5.74) is -1.19. The lowest BCUT2D eigenvalue weighted by Gasteiger charge is -2.23. The highest BCUT2D eigenvalue weighted by Crippen LogP contribution is 2.38. The number of alkyl halides is 3. The summed E-state index contributed by atoms with van der Waals surface area (Å²) in [5, 5.41) is 18.8. The minimum atomic E-state index is -4.74. The van der Waals surface area contributed by atoms with Crippen molar-refractivity contribution in [3.63, 3.8) is 0 Å². The van der Waals surface area contributed by atoms with Gasteiger partial charge in [0.05, 0.1) is 24.3 Å². The van der Waals surface area contributed by atoms with Gasteiger partial charge in [-0.25, -0.2) is 4.98 Å². The van der Waals surface area contributed by atoms with Gasteiger partial charge in [-0.3, -0.25) is 9.69 Å². The van der Waals surface area contributed by atoms with E-state index in [9.17, 15) is 23.1 Å². The molecule has 1 amide bonds. The topological polar surface area (TPSA) is 86.5 Å². The van der Waals surface area contributed by atoms with Crippen LogP contribution >= 0.6 is 0 Å². The second kappa shape index (κ2) is 6.57. The number of hydrogen-bond donors (Lipinski definition) is 1. The van der Waals surface area contributed by atoms with Crippen LogP contribution in [0.2, 0.25) is 0 Å². The summed E-state index contributed by atoms with van der Waals surface area (Å²) in [7, 11) is 1.24. The van der Waals surface area contributed by atoms with E-state index in [0.717, 1.165) is 17.2 Å². The Bertz CT molecular complexity index is 822. The third-order valence-electron chi connectivity index (χ3n) is 3.76. The maximum atomic E-state index is 13.4. The minimum Gasteiger partial charge on any atom is -0.496 e. The molecule has 0 spiro atoms. The molecule has 1 N–H and O–H groups in total. The van der Waals surface area contributed by atoms with Crippen LogP contribution in [-0.4, -0.2) is 29.3 Å². The number of methoxy groups -OCH3 is 1. The van der Waals surface area contributed by atoms with Gasteiger partial charge in [-0.05, 0) is 25.5 Å². The molecule has 0 saturated carbocycles. The molecule has 2 heterocycles. The zero-order valence-electron chi connectivity index (χ0n) is 13.5. The van der Waals surface area contributed by atoms with Crippen molar-refractivity contribution in [1.82, 2.24) is 4.98 Å². The molecule has 0 fully saturated rings. The molecule has 132 valence electrons. The molecule has 0 radical (unpaired) electrons. The third-order valence-corrected chi connectivity index (χ3v) is 3.76. The molecule has 6 nitrogen and oxygen atoms in total. The van der Waals surface area contributed by atoms with Crippen molar-refractivity contribution < 1.29 is 27.8 Å². The Balaban J connectivity index is 2.58. The second-order valence-electron chi connectivity index (χ2n) is 5.28. The first-order chi connectivity index (χ1) is 11.6. The van der Waals surface area contributed by atoms with Gasteiger partial charge in [0.15, 0.2) is 12.0 Å². The van der Waals surface area contributed by atoms with Crippen molar-refractivity contribution in [3.8, 4) is 6.07 Å². The number of nitriles is 1. The van der Waals surface area contributed by atoms with Gasteiger partial charge in [0.25, 0.3) is 5.91 Å². The molecule has 1 aromatic rings. The summed E-state index contributed by atoms with van der Waals surface area (Å²) in [6.07, 6.45) is -4.41. The summed E-state index contributed by atoms with van der Waals surface area (Å²) < 4.78 is 45.1. The van der Waals surface area contributed by atoms with E-state index in [1.165, 1.54) is 21.0 Å². The number of pyridine rings is 1. The van der Waals surface area contributed by atoms with E-state index in [0.29, 0.717) is 6.07 Å². The van der Waals surface area contributed by atoms with Gasteiger partial charge in [-0.1, -0.05) is 0 Å². The SMILES string of the molecule is COC1=C(C)C(=O)N(c2cc(C(F)(F)F)c(C(C)=CC#N)cn2)C1O. The van der Waals surface area contributed by atoms with E-state index in [1.807, 2.05) is 0 Å². The molecule has 1 aliphatic heterocycles. The third kappa shape index (κ3) is 3.21. The predicted molar refractivity (Wildman–Crippen MR) is 81.7 cm³/mol. The van der Waals surface area contributed by atoms with E-state index < -0.39 is 23.9 Å². The van der Waals surface area contributed by atoms with Crippen LogP contribution in [0.4, 0.5) is 19.0 Å².